The number of hydrogen-bond donors (Lipinski definition) is 1. The normalized spacial score (nSPS) is 14.6. The van der Waals surface area contributed by atoms with Crippen LogP contribution in [-0.4, -0.2) is 48.3 Å². The summed E-state index contributed by atoms with van der Waals surface area (Å²) < 4.78 is 11.1. The van der Waals surface area contributed by atoms with E-state index in [1.54, 1.807) is 27.0 Å². The molecule has 0 saturated carbocycles. The van der Waals surface area contributed by atoms with Crippen molar-refractivity contribution in [1.29, 1.82) is 0 Å². The van der Waals surface area contributed by atoms with E-state index in [1.807, 2.05) is 47.4 Å². The highest BCUT2D eigenvalue weighted by atomic mass is 16.5. The third-order valence-corrected chi connectivity index (χ3v) is 5.07. The van der Waals surface area contributed by atoms with Gasteiger partial charge in [-0.25, -0.2) is 0 Å². The summed E-state index contributed by atoms with van der Waals surface area (Å²) in [7, 11) is 1.64. The zero-order valence-electron chi connectivity index (χ0n) is 17.9. The fourth-order valence-corrected chi connectivity index (χ4v) is 3.33. The van der Waals surface area contributed by atoms with E-state index in [-0.39, 0.29) is 5.91 Å². The smallest absolute Gasteiger partial charge is 0.253 e. The number of piperidine rings is 1. The topological polar surface area (TPSA) is 59.0 Å². The Hall–Kier alpha value is -2.97. The molecule has 0 atom stereocenters. The van der Waals surface area contributed by atoms with Crippen LogP contribution in [0.25, 0.3) is 0 Å². The van der Waals surface area contributed by atoms with Crippen molar-refractivity contribution in [3.63, 3.8) is 0 Å². The first-order valence-corrected chi connectivity index (χ1v) is 10.3. The van der Waals surface area contributed by atoms with Crippen molar-refractivity contribution in [3.8, 4) is 23.3 Å². The Morgan fingerprint density at radius 1 is 1.13 bits per heavy atom. The van der Waals surface area contributed by atoms with Crippen LogP contribution >= 0.6 is 0 Å². The van der Waals surface area contributed by atoms with Crippen molar-refractivity contribution in [2.75, 3.05) is 26.8 Å². The van der Waals surface area contributed by atoms with Gasteiger partial charge in [0.25, 0.3) is 5.91 Å². The second-order valence-electron chi connectivity index (χ2n) is 8.11. The molecule has 1 aliphatic heterocycles. The highest BCUT2D eigenvalue weighted by Gasteiger charge is 2.24. The van der Waals surface area contributed by atoms with Crippen LogP contribution in [0.15, 0.2) is 48.5 Å². The summed E-state index contributed by atoms with van der Waals surface area (Å²) in [5.74, 6) is 7.81. The van der Waals surface area contributed by atoms with Gasteiger partial charge in [-0.2, -0.15) is 0 Å². The van der Waals surface area contributed by atoms with Gasteiger partial charge in [-0.15, -0.1) is 0 Å². The summed E-state index contributed by atoms with van der Waals surface area (Å²) >= 11 is 0. The van der Waals surface area contributed by atoms with Crippen LogP contribution in [0.3, 0.4) is 0 Å². The SMILES string of the molecule is COc1ccc(OCC2CCN(C(=O)c3cccc(C#CC(C)(C)O)c3)CC2)cc1. The van der Waals surface area contributed by atoms with Crippen molar-refractivity contribution in [3.05, 3.63) is 59.7 Å². The molecule has 0 radical (unpaired) electrons. The summed E-state index contributed by atoms with van der Waals surface area (Å²) in [6, 6.07) is 14.9. The standard InChI is InChI=1S/C25H29NO4/c1-25(2,28)14-11-19-5-4-6-21(17-19)24(27)26-15-12-20(13-16-26)18-30-23-9-7-22(29-3)8-10-23/h4-10,17,20,28H,12-13,15-16,18H2,1-3H3. The molecule has 1 heterocycles. The molecule has 0 aliphatic carbocycles. The fraction of sp³-hybridized carbons (Fsp3) is 0.400. The lowest BCUT2D eigenvalue weighted by Gasteiger charge is -2.32. The van der Waals surface area contributed by atoms with Crippen LogP contribution in [0, 0.1) is 17.8 Å². The Morgan fingerprint density at radius 3 is 2.43 bits per heavy atom. The lowest BCUT2D eigenvalue weighted by atomic mass is 9.97. The quantitative estimate of drug-likeness (QED) is 0.767. The van der Waals surface area contributed by atoms with Crippen LogP contribution in [0.1, 0.15) is 42.6 Å². The highest BCUT2D eigenvalue weighted by Crippen LogP contribution is 2.22. The molecule has 2 aromatic carbocycles. The molecule has 5 nitrogen and oxygen atoms in total. The van der Waals surface area contributed by atoms with Crippen LogP contribution in [-0.2, 0) is 0 Å². The molecular weight excluding hydrogens is 378 g/mol. The largest absolute Gasteiger partial charge is 0.497 e. The predicted octanol–water partition coefficient (Wildman–Crippen LogP) is 3.75. The minimum atomic E-state index is -1.06. The first kappa shape index (κ1) is 21.7. The van der Waals surface area contributed by atoms with E-state index >= 15 is 0 Å². The molecule has 1 aliphatic rings. The van der Waals surface area contributed by atoms with Gasteiger partial charge in [0.2, 0.25) is 0 Å². The van der Waals surface area contributed by atoms with E-state index < -0.39 is 5.60 Å². The van der Waals surface area contributed by atoms with E-state index in [1.165, 1.54) is 0 Å². The molecule has 1 saturated heterocycles. The van der Waals surface area contributed by atoms with Crippen molar-refractivity contribution in [1.82, 2.24) is 4.90 Å². The number of nitrogens with zero attached hydrogens (tertiary/aromatic N) is 1. The predicted molar refractivity (Wildman–Crippen MR) is 117 cm³/mol. The Morgan fingerprint density at radius 2 is 1.80 bits per heavy atom. The number of benzene rings is 2. The summed E-state index contributed by atoms with van der Waals surface area (Å²) in [6.07, 6.45) is 1.83. The highest BCUT2D eigenvalue weighted by molar-refractivity contribution is 5.94. The summed E-state index contributed by atoms with van der Waals surface area (Å²) in [5, 5.41) is 9.76. The molecule has 0 unspecified atom stereocenters. The third kappa shape index (κ3) is 6.27. The maximum Gasteiger partial charge on any atom is 0.253 e. The average Bonchev–Trinajstić information content (AvgIpc) is 2.76. The van der Waals surface area contributed by atoms with Crippen LogP contribution in [0.2, 0.25) is 0 Å². The van der Waals surface area contributed by atoms with Gasteiger partial charge in [-0.3, -0.25) is 4.79 Å². The number of hydrogen-bond acceptors (Lipinski definition) is 4. The molecule has 0 aromatic heterocycles. The molecule has 3 rings (SSSR count). The van der Waals surface area contributed by atoms with Gasteiger partial charge < -0.3 is 19.5 Å². The van der Waals surface area contributed by atoms with Crippen molar-refractivity contribution in [2.24, 2.45) is 5.92 Å². The number of rotatable bonds is 5. The van der Waals surface area contributed by atoms with Crippen LogP contribution in [0.4, 0.5) is 0 Å². The summed E-state index contributed by atoms with van der Waals surface area (Å²) in [6.45, 7) is 5.36. The maximum atomic E-state index is 12.9. The second-order valence-corrected chi connectivity index (χ2v) is 8.11. The monoisotopic (exact) mass is 407 g/mol. The molecule has 158 valence electrons. The fourth-order valence-electron chi connectivity index (χ4n) is 3.33. The van der Waals surface area contributed by atoms with Gasteiger partial charge in [0.15, 0.2) is 0 Å². The minimum absolute atomic E-state index is 0.0245. The zero-order chi connectivity index (χ0) is 21.6. The third-order valence-electron chi connectivity index (χ3n) is 5.07. The van der Waals surface area contributed by atoms with Gasteiger partial charge in [-0.05, 0) is 75.1 Å². The Kier molecular flexibility index (Phi) is 7.02. The number of amides is 1. The van der Waals surface area contributed by atoms with Gasteiger partial charge in [0.1, 0.15) is 17.1 Å². The molecule has 0 spiro atoms. The van der Waals surface area contributed by atoms with E-state index in [2.05, 4.69) is 11.8 Å². The number of methoxy groups -OCH3 is 1. The Balaban J connectivity index is 1.51. The summed E-state index contributed by atoms with van der Waals surface area (Å²) in [4.78, 5) is 14.8. The van der Waals surface area contributed by atoms with Gasteiger partial charge >= 0.3 is 0 Å². The molecule has 30 heavy (non-hydrogen) atoms. The molecular formula is C25H29NO4. The second kappa shape index (κ2) is 9.69. The number of carbonyl (C=O) groups is 1. The van der Waals surface area contributed by atoms with Crippen molar-refractivity contribution >= 4 is 5.91 Å². The molecule has 2 aromatic rings. The molecule has 1 N–H and O–H groups in total. The Bertz CT molecular complexity index is 911. The number of ether oxygens (including phenoxy) is 2. The maximum absolute atomic E-state index is 12.9. The van der Waals surface area contributed by atoms with Crippen molar-refractivity contribution < 1.29 is 19.4 Å². The van der Waals surface area contributed by atoms with E-state index in [0.29, 0.717) is 18.1 Å². The number of likely N-dealkylation sites (tertiary alicyclic amines) is 1. The van der Waals surface area contributed by atoms with Crippen LogP contribution in [0.5, 0.6) is 11.5 Å². The van der Waals surface area contributed by atoms with Gasteiger partial charge in [0, 0.05) is 24.2 Å². The van der Waals surface area contributed by atoms with Crippen LogP contribution < -0.4 is 9.47 Å². The van der Waals surface area contributed by atoms with Crippen molar-refractivity contribution in [2.45, 2.75) is 32.3 Å². The average molecular weight is 408 g/mol. The summed E-state index contributed by atoms with van der Waals surface area (Å²) in [5.41, 5.74) is 0.298. The Labute approximate surface area is 178 Å². The lowest BCUT2D eigenvalue weighted by Crippen LogP contribution is -2.39. The lowest BCUT2D eigenvalue weighted by molar-refractivity contribution is 0.0661. The molecule has 5 heteroatoms. The first-order chi connectivity index (χ1) is 14.3. The van der Waals surface area contributed by atoms with E-state index in [4.69, 9.17) is 9.47 Å². The molecule has 1 fully saturated rings. The zero-order valence-corrected chi connectivity index (χ0v) is 17.9. The molecule has 0 bridgehead atoms. The van der Waals surface area contributed by atoms with Gasteiger partial charge in [0.05, 0.1) is 13.7 Å². The van der Waals surface area contributed by atoms with E-state index in [0.717, 1.165) is 43.0 Å². The molecule has 1 amide bonds. The first-order valence-electron chi connectivity index (χ1n) is 10.3. The number of carbonyl (C=O) groups excluding carboxylic acids is 1. The van der Waals surface area contributed by atoms with E-state index in [9.17, 15) is 9.90 Å². The number of aliphatic hydroxyl groups is 1. The minimum Gasteiger partial charge on any atom is -0.497 e. The van der Waals surface area contributed by atoms with Gasteiger partial charge in [-0.1, -0.05) is 17.9 Å².